The van der Waals surface area contributed by atoms with Crippen LogP contribution in [0.1, 0.15) is 21.8 Å². The molecule has 18 heavy (non-hydrogen) atoms. The Hall–Kier alpha value is -1.60. The molecule has 0 spiro atoms. The van der Waals surface area contributed by atoms with Gasteiger partial charge in [0.15, 0.2) is 0 Å². The van der Waals surface area contributed by atoms with Crippen molar-refractivity contribution in [2.45, 2.75) is 13.3 Å². The number of anilines is 1. The van der Waals surface area contributed by atoms with Crippen molar-refractivity contribution in [2.24, 2.45) is 7.05 Å². The maximum Gasteiger partial charge on any atom is 0.263 e. The number of amides is 1. The largest absolute Gasteiger partial charge is 0.397 e. The third-order valence-corrected chi connectivity index (χ3v) is 3.98. The van der Waals surface area contributed by atoms with E-state index in [1.807, 2.05) is 14.0 Å². The molecule has 0 aliphatic rings. The predicted molar refractivity (Wildman–Crippen MR) is 71.8 cm³/mol. The smallest absolute Gasteiger partial charge is 0.263 e. The number of carbonyl (C=O) groups is 1. The number of hydrogen-bond donors (Lipinski definition) is 3. The average Bonchev–Trinajstić information content (AvgIpc) is 2.80. The number of aryl methyl sites for hydroxylation is 2. The lowest BCUT2D eigenvalue weighted by Gasteiger charge is -2.02. The molecule has 0 radical (unpaired) electrons. The van der Waals surface area contributed by atoms with Crippen LogP contribution in [0.25, 0.3) is 10.2 Å². The van der Waals surface area contributed by atoms with E-state index in [1.54, 1.807) is 4.68 Å². The van der Waals surface area contributed by atoms with Crippen LogP contribution in [0.3, 0.4) is 0 Å². The van der Waals surface area contributed by atoms with Crippen LogP contribution in [0, 0.1) is 6.92 Å². The number of aromatic nitrogens is 2. The third-order valence-electron chi connectivity index (χ3n) is 2.71. The van der Waals surface area contributed by atoms with Gasteiger partial charge in [0.05, 0.1) is 16.8 Å². The number of nitrogens with two attached hydrogens (primary N) is 1. The number of carbonyl (C=O) groups excluding carboxylic acids is 1. The Balaban J connectivity index is 2.31. The highest BCUT2D eigenvalue weighted by molar-refractivity contribution is 7.21. The first-order chi connectivity index (χ1) is 8.56. The van der Waals surface area contributed by atoms with Gasteiger partial charge in [-0.05, 0) is 13.3 Å². The van der Waals surface area contributed by atoms with E-state index in [2.05, 4.69) is 10.4 Å². The average molecular weight is 268 g/mol. The molecule has 1 amide bonds. The molecule has 0 saturated heterocycles. The van der Waals surface area contributed by atoms with Gasteiger partial charge < -0.3 is 16.2 Å². The minimum Gasteiger partial charge on any atom is -0.397 e. The van der Waals surface area contributed by atoms with Gasteiger partial charge in [-0.2, -0.15) is 5.10 Å². The summed E-state index contributed by atoms with van der Waals surface area (Å²) in [5, 5.41) is 16.5. The Kier molecular flexibility index (Phi) is 3.53. The number of nitrogens with one attached hydrogen (secondary N) is 1. The zero-order valence-corrected chi connectivity index (χ0v) is 11.2. The molecule has 6 nitrogen and oxygen atoms in total. The summed E-state index contributed by atoms with van der Waals surface area (Å²) in [6, 6.07) is 0. The summed E-state index contributed by atoms with van der Waals surface area (Å²) >= 11 is 1.34. The first-order valence-corrected chi connectivity index (χ1v) is 6.48. The first kappa shape index (κ1) is 12.8. The molecule has 0 fully saturated rings. The van der Waals surface area contributed by atoms with Crippen LogP contribution in [-0.4, -0.2) is 33.9 Å². The van der Waals surface area contributed by atoms with Crippen LogP contribution in [0.2, 0.25) is 0 Å². The second-order valence-corrected chi connectivity index (χ2v) is 5.07. The number of fused-ring (bicyclic) bond motifs is 1. The number of aliphatic hydroxyl groups is 1. The molecule has 0 aromatic carbocycles. The molecule has 0 bridgehead atoms. The van der Waals surface area contributed by atoms with Crippen molar-refractivity contribution in [3.05, 3.63) is 10.6 Å². The Morgan fingerprint density at radius 2 is 2.33 bits per heavy atom. The van der Waals surface area contributed by atoms with Gasteiger partial charge in [-0.25, -0.2) is 0 Å². The fourth-order valence-electron chi connectivity index (χ4n) is 1.86. The van der Waals surface area contributed by atoms with Gasteiger partial charge in [-0.3, -0.25) is 9.48 Å². The topological polar surface area (TPSA) is 93.2 Å². The molecular formula is C11H16N4O2S. The van der Waals surface area contributed by atoms with Gasteiger partial charge in [0.25, 0.3) is 5.91 Å². The summed E-state index contributed by atoms with van der Waals surface area (Å²) in [5.74, 6) is -0.193. The van der Waals surface area contributed by atoms with Crippen LogP contribution in [0.5, 0.6) is 0 Å². The van der Waals surface area contributed by atoms with Gasteiger partial charge in [0.1, 0.15) is 9.71 Å². The second-order valence-electron chi connectivity index (χ2n) is 4.07. The van der Waals surface area contributed by atoms with E-state index in [0.29, 0.717) is 23.5 Å². The van der Waals surface area contributed by atoms with Gasteiger partial charge in [-0.1, -0.05) is 0 Å². The van der Waals surface area contributed by atoms with Crippen LogP contribution < -0.4 is 11.1 Å². The zero-order valence-electron chi connectivity index (χ0n) is 10.4. The van der Waals surface area contributed by atoms with E-state index >= 15 is 0 Å². The number of nitrogens with zero attached hydrogens (tertiary/aromatic N) is 2. The highest BCUT2D eigenvalue weighted by atomic mass is 32.1. The molecular weight excluding hydrogens is 252 g/mol. The summed E-state index contributed by atoms with van der Waals surface area (Å²) in [4.78, 5) is 13.4. The summed E-state index contributed by atoms with van der Waals surface area (Å²) in [6.07, 6.45) is 0.539. The summed E-state index contributed by atoms with van der Waals surface area (Å²) in [5.41, 5.74) is 7.32. The van der Waals surface area contributed by atoms with Crippen molar-refractivity contribution in [3.8, 4) is 0 Å². The number of rotatable bonds is 4. The van der Waals surface area contributed by atoms with Crippen molar-refractivity contribution in [1.29, 1.82) is 0 Å². The molecule has 0 aliphatic carbocycles. The third kappa shape index (κ3) is 2.06. The standard InChI is InChI=1S/C11H16N4O2S/c1-6-7-8(12)9(10(17)13-4-3-5-16)18-11(7)15(2)14-6/h16H,3-5,12H2,1-2H3,(H,13,17). The Labute approximate surface area is 108 Å². The van der Waals surface area contributed by atoms with Crippen LogP contribution in [0.15, 0.2) is 0 Å². The molecule has 2 aromatic rings. The highest BCUT2D eigenvalue weighted by Crippen LogP contribution is 2.35. The zero-order chi connectivity index (χ0) is 13.3. The Morgan fingerprint density at radius 1 is 1.61 bits per heavy atom. The van der Waals surface area contributed by atoms with E-state index in [0.717, 1.165) is 15.9 Å². The maximum atomic E-state index is 11.9. The molecule has 2 rings (SSSR count). The Morgan fingerprint density at radius 3 is 2.94 bits per heavy atom. The Bertz CT molecular complexity index is 587. The van der Waals surface area contributed by atoms with Crippen LogP contribution >= 0.6 is 11.3 Å². The normalized spacial score (nSPS) is 11.1. The molecule has 2 aromatic heterocycles. The van der Waals surface area contributed by atoms with Gasteiger partial charge in [0, 0.05) is 20.2 Å². The number of aliphatic hydroxyl groups excluding tert-OH is 1. The second kappa shape index (κ2) is 4.95. The van der Waals surface area contributed by atoms with Crippen molar-refractivity contribution in [2.75, 3.05) is 18.9 Å². The van der Waals surface area contributed by atoms with E-state index in [9.17, 15) is 4.79 Å². The van der Waals surface area contributed by atoms with Crippen molar-refractivity contribution >= 4 is 33.1 Å². The molecule has 0 atom stereocenters. The molecule has 0 unspecified atom stereocenters. The monoisotopic (exact) mass is 268 g/mol. The number of thiophene rings is 1. The maximum absolute atomic E-state index is 11.9. The SMILES string of the molecule is Cc1nn(C)c2sc(C(=O)NCCCO)c(N)c12. The molecule has 0 saturated carbocycles. The number of hydrogen-bond acceptors (Lipinski definition) is 5. The van der Waals surface area contributed by atoms with Crippen molar-refractivity contribution < 1.29 is 9.90 Å². The lowest BCUT2D eigenvalue weighted by molar-refractivity contribution is 0.0956. The van der Waals surface area contributed by atoms with Gasteiger partial charge >= 0.3 is 0 Å². The van der Waals surface area contributed by atoms with Gasteiger partial charge in [0.2, 0.25) is 0 Å². The van der Waals surface area contributed by atoms with Crippen LogP contribution in [-0.2, 0) is 7.05 Å². The number of nitrogen functional groups attached to an aromatic ring is 1. The van der Waals surface area contributed by atoms with Crippen molar-refractivity contribution in [1.82, 2.24) is 15.1 Å². The summed E-state index contributed by atoms with van der Waals surface area (Å²) in [7, 11) is 1.83. The predicted octanol–water partition coefficient (Wildman–Crippen LogP) is 0.638. The molecule has 2 heterocycles. The van der Waals surface area contributed by atoms with Crippen LogP contribution in [0.4, 0.5) is 5.69 Å². The van der Waals surface area contributed by atoms with Gasteiger partial charge in [-0.15, -0.1) is 11.3 Å². The molecule has 4 N–H and O–H groups in total. The quantitative estimate of drug-likeness (QED) is 0.709. The van der Waals surface area contributed by atoms with E-state index in [-0.39, 0.29) is 12.5 Å². The molecule has 0 aliphatic heterocycles. The van der Waals surface area contributed by atoms with Crippen molar-refractivity contribution in [3.63, 3.8) is 0 Å². The first-order valence-electron chi connectivity index (χ1n) is 5.67. The van der Waals surface area contributed by atoms with E-state index in [4.69, 9.17) is 10.8 Å². The molecule has 7 heteroatoms. The van der Waals surface area contributed by atoms with E-state index in [1.165, 1.54) is 11.3 Å². The lowest BCUT2D eigenvalue weighted by atomic mass is 10.2. The summed E-state index contributed by atoms with van der Waals surface area (Å²) < 4.78 is 1.73. The highest BCUT2D eigenvalue weighted by Gasteiger charge is 2.20. The lowest BCUT2D eigenvalue weighted by Crippen LogP contribution is -2.24. The fraction of sp³-hybridized carbons (Fsp3) is 0.455. The minimum atomic E-state index is -0.193. The van der Waals surface area contributed by atoms with E-state index < -0.39 is 0 Å². The summed E-state index contributed by atoms with van der Waals surface area (Å²) in [6.45, 7) is 2.38. The minimum absolute atomic E-state index is 0.0607. The fourth-order valence-corrected chi connectivity index (χ4v) is 2.96. The molecule has 98 valence electrons.